The summed E-state index contributed by atoms with van der Waals surface area (Å²) in [7, 11) is 0. The van der Waals surface area contributed by atoms with Gasteiger partial charge in [0.15, 0.2) is 0 Å². The molecule has 0 bridgehead atoms. The second kappa shape index (κ2) is 4.05. The van der Waals surface area contributed by atoms with E-state index < -0.39 is 0 Å². The maximum absolute atomic E-state index is 11.8. The number of hydrogen-bond donors (Lipinski definition) is 0. The van der Waals surface area contributed by atoms with E-state index >= 15 is 0 Å². The first kappa shape index (κ1) is 9.59. The predicted molar refractivity (Wildman–Crippen MR) is 60.7 cm³/mol. The van der Waals surface area contributed by atoms with Gasteiger partial charge in [-0.15, -0.1) is 11.8 Å². The molecule has 1 aromatic rings. The maximum atomic E-state index is 11.8. The van der Waals surface area contributed by atoms with Gasteiger partial charge in [-0.1, -0.05) is 18.2 Å². The van der Waals surface area contributed by atoms with Crippen molar-refractivity contribution in [2.45, 2.75) is 12.2 Å². The highest BCUT2D eigenvalue weighted by atomic mass is 32.2. The van der Waals surface area contributed by atoms with Gasteiger partial charge in [-0.2, -0.15) is 0 Å². The van der Waals surface area contributed by atoms with Crippen LogP contribution in [-0.2, 0) is 4.79 Å². The summed E-state index contributed by atoms with van der Waals surface area (Å²) in [4.78, 5) is 13.7. The van der Waals surface area contributed by atoms with E-state index in [0.717, 1.165) is 18.0 Å². The van der Waals surface area contributed by atoms with Crippen molar-refractivity contribution in [3.05, 3.63) is 30.3 Å². The number of para-hydroxylation sites is 1. The normalized spacial score (nSPS) is 22.5. The van der Waals surface area contributed by atoms with Crippen molar-refractivity contribution in [1.29, 1.82) is 0 Å². The van der Waals surface area contributed by atoms with E-state index in [2.05, 4.69) is 0 Å². The molecule has 0 radical (unpaired) electrons. The van der Waals surface area contributed by atoms with Gasteiger partial charge in [0, 0.05) is 18.0 Å². The van der Waals surface area contributed by atoms with Crippen molar-refractivity contribution in [2.24, 2.45) is 0 Å². The second-order valence-corrected chi connectivity index (χ2v) is 4.79. The molecule has 2 rings (SSSR count). The Balaban J connectivity index is 2.22. The molecule has 1 aliphatic heterocycles. The van der Waals surface area contributed by atoms with Crippen LogP contribution in [0.3, 0.4) is 0 Å². The van der Waals surface area contributed by atoms with E-state index in [9.17, 15) is 4.79 Å². The highest BCUT2D eigenvalue weighted by molar-refractivity contribution is 8.00. The summed E-state index contributed by atoms with van der Waals surface area (Å²) in [5.74, 6) is 1.26. The summed E-state index contributed by atoms with van der Waals surface area (Å²) in [5, 5.41) is 0.101. The first-order valence-electron chi connectivity index (χ1n) is 4.77. The van der Waals surface area contributed by atoms with Crippen LogP contribution in [-0.4, -0.2) is 23.5 Å². The average Bonchev–Trinajstić information content (AvgIpc) is 2.23. The Morgan fingerprint density at radius 2 is 2.07 bits per heavy atom. The molecule has 1 heterocycles. The first-order valence-corrected chi connectivity index (χ1v) is 5.82. The largest absolute Gasteiger partial charge is 0.311 e. The van der Waals surface area contributed by atoms with E-state index in [4.69, 9.17) is 0 Å². The van der Waals surface area contributed by atoms with E-state index in [1.54, 1.807) is 11.8 Å². The van der Waals surface area contributed by atoms with Gasteiger partial charge in [0.2, 0.25) is 5.91 Å². The van der Waals surface area contributed by atoms with Crippen molar-refractivity contribution < 1.29 is 4.79 Å². The highest BCUT2D eigenvalue weighted by Gasteiger charge is 2.26. The first-order chi connectivity index (χ1) is 6.79. The minimum Gasteiger partial charge on any atom is -0.311 e. The molecular weight excluding hydrogens is 194 g/mol. The third kappa shape index (κ3) is 1.77. The topological polar surface area (TPSA) is 20.3 Å². The standard InChI is InChI=1S/C11H13NOS/c1-9-11(13)12(7-8-14-9)10-5-3-2-4-6-10/h2-6,9H,7-8H2,1H3. The van der Waals surface area contributed by atoms with Crippen molar-refractivity contribution in [2.75, 3.05) is 17.2 Å². The van der Waals surface area contributed by atoms with Crippen LogP contribution in [0.15, 0.2) is 30.3 Å². The van der Waals surface area contributed by atoms with E-state index in [1.807, 2.05) is 42.2 Å². The summed E-state index contributed by atoms with van der Waals surface area (Å²) in [6.07, 6.45) is 0. The van der Waals surface area contributed by atoms with Crippen LogP contribution in [0.4, 0.5) is 5.69 Å². The predicted octanol–water partition coefficient (Wildman–Crippen LogP) is 2.15. The third-order valence-electron chi connectivity index (χ3n) is 2.36. The van der Waals surface area contributed by atoms with Gasteiger partial charge in [-0.05, 0) is 19.1 Å². The van der Waals surface area contributed by atoms with Crippen molar-refractivity contribution >= 4 is 23.4 Å². The molecule has 0 aromatic heterocycles. The number of carbonyl (C=O) groups excluding carboxylic acids is 1. The minimum atomic E-state index is 0.101. The zero-order valence-corrected chi connectivity index (χ0v) is 8.96. The van der Waals surface area contributed by atoms with Crippen LogP contribution in [0.1, 0.15) is 6.92 Å². The Morgan fingerprint density at radius 3 is 2.79 bits per heavy atom. The molecule has 0 N–H and O–H groups in total. The fourth-order valence-corrected chi connectivity index (χ4v) is 2.50. The Morgan fingerprint density at radius 1 is 1.36 bits per heavy atom. The fraction of sp³-hybridized carbons (Fsp3) is 0.364. The zero-order valence-electron chi connectivity index (χ0n) is 8.14. The van der Waals surface area contributed by atoms with Crippen molar-refractivity contribution in [3.8, 4) is 0 Å². The van der Waals surface area contributed by atoms with Crippen LogP contribution in [0.2, 0.25) is 0 Å². The molecule has 1 unspecified atom stereocenters. The van der Waals surface area contributed by atoms with Crippen LogP contribution in [0.25, 0.3) is 0 Å². The third-order valence-corrected chi connectivity index (χ3v) is 3.48. The Hall–Kier alpha value is -0.960. The molecule has 74 valence electrons. The van der Waals surface area contributed by atoms with E-state index in [-0.39, 0.29) is 11.2 Å². The Labute approximate surface area is 88.3 Å². The van der Waals surface area contributed by atoms with E-state index in [1.165, 1.54) is 0 Å². The van der Waals surface area contributed by atoms with Crippen LogP contribution >= 0.6 is 11.8 Å². The van der Waals surface area contributed by atoms with E-state index in [0.29, 0.717) is 0 Å². The lowest BCUT2D eigenvalue weighted by Gasteiger charge is -2.30. The molecule has 1 atom stereocenters. The maximum Gasteiger partial charge on any atom is 0.239 e. The second-order valence-electron chi connectivity index (χ2n) is 3.34. The number of carbonyl (C=O) groups is 1. The SMILES string of the molecule is CC1SCCN(c2ccccc2)C1=O. The molecule has 3 heteroatoms. The van der Waals surface area contributed by atoms with Gasteiger partial charge in [0.25, 0.3) is 0 Å². The number of hydrogen-bond acceptors (Lipinski definition) is 2. The van der Waals surface area contributed by atoms with Crippen molar-refractivity contribution in [3.63, 3.8) is 0 Å². The summed E-state index contributed by atoms with van der Waals surface area (Å²) < 4.78 is 0. The summed E-state index contributed by atoms with van der Waals surface area (Å²) in [6.45, 7) is 2.81. The molecule has 0 saturated carbocycles. The summed E-state index contributed by atoms with van der Waals surface area (Å²) >= 11 is 1.73. The molecule has 1 aliphatic rings. The molecule has 2 nitrogen and oxygen atoms in total. The molecule has 1 aromatic carbocycles. The van der Waals surface area contributed by atoms with Crippen LogP contribution in [0.5, 0.6) is 0 Å². The molecule has 0 aliphatic carbocycles. The number of nitrogens with zero attached hydrogens (tertiary/aromatic N) is 1. The van der Waals surface area contributed by atoms with Crippen molar-refractivity contribution in [1.82, 2.24) is 0 Å². The smallest absolute Gasteiger partial charge is 0.239 e. The lowest BCUT2D eigenvalue weighted by molar-refractivity contribution is -0.118. The highest BCUT2D eigenvalue weighted by Crippen LogP contribution is 2.24. The van der Waals surface area contributed by atoms with Gasteiger partial charge < -0.3 is 4.90 Å². The summed E-state index contributed by atoms with van der Waals surface area (Å²) in [6, 6.07) is 9.88. The monoisotopic (exact) mass is 207 g/mol. The molecule has 1 saturated heterocycles. The molecule has 14 heavy (non-hydrogen) atoms. The average molecular weight is 207 g/mol. The molecule has 1 amide bonds. The molecule has 0 spiro atoms. The molecule has 1 fully saturated rings. The van der Waals surface area contributed by atoms with Gasteiger partial charge in [0.05, 0.1) is 5.25 Å². The van der Waals surface area contributed by atoms with Gasteiger partial charge in [-0.25, -0.2) is 0 Å². The van der Waals surface area contributed by atoms with Gasteiger partial charge in [-0.3, -0.25) is 4.79 Å². The zero-order chi connectivity index (χ0) is 9.97. The summed E-state index contributed by atoms with van der Waals surface area (Å²) in [5.41, 5.74) is 1.02. The number of thioether (sulfide) groups is 1. The van der Waals surface area contributed by atoms with Gasteiger partial charge in [0.1, 0.15) is 0 Å². The quantitative estimate of drug-likeness (QED) is 0.703. The Kier molecular flexibility index (Phi) is 2.77. The Bertz CT molecular complexity index is 325. The number of anilines is 1. The number of rotatable bonds is 1. The fourth-order valence-electron chi connectivity index (χ4n) is 1.59. The lowest BCUT2D eigenvalue weighted by Crippen LogP contribution is -2.42. The van der Waals surface area contributed by atoms with Crippen LogP contribution in [0, 0.1) is 0 Å². The number of amides is 1. The minimum absolute atomic E-state index is 0.101. The molecular formula is C11H13NOS. The number of benzene rings is 1. The lowest BCUT2D eigenvalue weighted by atomic mass is 10.2. The van der Waals surface area contributed by atoms with Gasteiger partial charge >= 0.3 is 0 Å². The van der Waals surface area contributed by atoms with Crippen LogP contribution < -0.4 is 4.90 Å².